The first-order chi connectivity index (χ1) is 17.8. The number of methoxy groups -OCH3 is 1. The van der Waals surface area contributed by atoms with Gasteiger partial charge in [0.1, 0.15) is 11.5 Å². The number of carbonyl (C=O) groups excluding carboxylic acids is 3. The monoisotopic (exact) mass is 519 g/mol. The quantitative estimate of drug-likeness (QED) is 0.193. The van der Waals surface area contributed by atoms with Crippen LogP contribution in [0.4, 0.5) is 0 Å². The number of hydrogen-bond acceptors (Lipinski definition) is 6. The first kappa shape index (κ1) is 26.0. The molecule has 1 aliphatic heterocycles. The number of esters is 1. The van der Waals surface area contributed by atoms with Gasteiger partial charge >= 0.3 is 5.97 Å². The minimum absolute atomic E-state index is 0.0546. The number of hydrogen-bond donors (Lipinski definition) is 1. The summed E-state index contributed by atoms with van der Waals surface area (Å²) in [5, 5.41) is 11.6. The van der Waals surface area contributed by atoms with Crippen LogP contribution < -0.4 is 4.74 Å². The second-order valence-corrected chi connectivity index (χ2v) is 8.95. The van der Waals surface area contributed by atoms with Gasteiger partial charge in [0.2, 0.25) is 0 Å². The van der Waals surface area contributed by atoms with Crippen molar-refractivity contribution in [1.29, 1.82) is 0 Å². The molecule has 8 heteroatoms. The van der Waals surface area contributed by atoms with Crippen LogP contribution in [-0.4, -0.2) is 41.4 Å². The van der Waals surface area contributed by atoms with Crippen molar-refractivity contribution in [3.63, 3.8) is 0 Å². The minimum atomic E-state index is -0.853. The molecule has 0 aliphatic carbocycles. The van der Waals surface area contributed by atoms with Crippen molar-refractivity contribution in [2.45, 2.75) is 26.4 Å². The second-order valence-electron chi connectivity index (χ2n) is 8.55. The number of amides is 1. The summed E-state index contributed by atoms with van der Waals surface area (Å²) in [6.45, 7) is 4.19. The summed E-state index contributed by atoms with van der Waals surface area (Å²) in [5.74, 6) is -1.93. The van der Waals surface area contributed by atoms with E-state index in [1.165, 1.54) is 12.0 Å². The van der Waals surface area contributed by atoms with Gasteiger partial charge in [0.25, 0.3) is 11.7 Å². The molecule has 1 aliphatic rings. The average molecular weight is 520 g/mol. The summed E-state index contributed by atoms with van der Waals surface area (Å²) in [7, 11) is 1.30. The molecule has 4 rings (SSSR count). The highest BCUT2D eigenvalue weighted by Crippen LogP contribution is 2.42. The molecule has 1 fully saturated rings. The maximum Gasteiger partial charge on any atom is 0.337 e. The van der Waals surface area contributed by atoms with Gasteiger partial charge in [-0.2, -0.15) is 0 Å². The maximum atomic E-state index is 13.4. The van der Waals surface area contributed by atoms with Gasteiger partial charge in [-0.1, -0.05) is 48.0 Å². The molecule has 1 unspecified atom stereocenters. The topological polar surface area (TPSA) is 93.1 Å². The van der Waals surface area contributed by atoms with Crippen LogP contribution >= 0.6 is 11.6 Å². The van der Waals surface area contributed by atoms with Crippen LogP contribution in [0, 0.1) is 6.92 Å². The van der Waals surface area contributed by atoms with E-state index in [0.717, 1.165) is 5.56 Å². The summed E-state index contributed by atoms with van der Waals surface area (Å²) in [4.78, 5) is 39.9. The summed E-state index contributed by atoms with van der Waals surface area (Å²) in [5.41, 5.74) is 2.76. The highest BCUT2D eigenvalue weighted by Gasteiger charge is 2.46. The molecule has 0 spiro atoms. The zero-order valence-electron chi connectivity index (χ0n) is 20.7. The zero-order valence-corrected chi connectivity index (χ0v) is 21.4. The van der Waals surface area contributed by atoms with Gasteiger partial charge in [-0.3, -0.25) is 9.59 Å². The molecule has 3 aromatic carbocycles. The van der Waals surface area contributed by atoms with E-state index in [1.807, 2.05) is 38.1 Å². The predicted octanol–water partition coefficient (Wildman–Crippen LogP) is 5.46. The molecular formula is C29H26ClNO6. The SMILES string of the molecule is CCOc1ccc(Cl)c(/C(O)=C2\C(=O)C(=O)N(Cc3ccc(C(=O)OC)cc3)C2c2ccccc2C)c1. The van der Waals surface area contributed by atoms with E-state index in [9.17, 15) is 19.5 Å². The summed E-state index contributed by atoms with van der Waals surface area (Å²) < 4.78 is 10.3. The molecule has 37 heavy (non-hydrogen) atoms. The number of aliphatic hydroxyl groups is 1. The Morgan fingerprint density at radius 1 is 1.05 bits per heavy atom. The van der Waals surface area contributed by atoms with Crippen molar-refractivity contribution in [3.05, 3.63) is 105 Å². The van der Waals surface area contributed by atoms with Gasteiger partial charge in [0.15, 0.2) is 0 Å². The van der Waals surface area contributed by atoms with E-state index in [4.69, 9.17) is 21.1 Å². The molecule has 0 aromatic heterocycles. The Morgan fingerprint density at radius 2 is 1.76 bits per heavy atom. The standard InChI is InChI=1S/C29H26ClNO6/c1-4-37-20-13-14-23(30)22(15-20)26(32)24-25(21-8-6-5-7-17(21)2)31(28(34)27(24)33)16-18-9-11-19(12-10-18)29(35)36-3/h5-15,25,32H,4,16H2,1-3H3/b26-24+. The normalized spacial score (nSPS) is 16.6. The highest BCUT2D eigenvalue weighted by atomic mass is 35.5. The number of likely N-dealkylation sites (tertiary alicyclic amines) is 1. The zero-order chi connectivity index (χ0) is 26.7. The highest BCUT2D eigenvalue weighted by molar-refractivity contribution is 6.47. The number of halogens is 1. The van der Waals surface area contributed by atoms with Crippen LogP contribution in [0.2, 0.25) is 5.02 Å². The van der Waals surface area contributed by atoms with Crippen LogP contribution in [0.1, 0.15) is 45.6 Å². The fourth-order valence-electron chi connectivity index (χ4n) is 4.41. The summed E-state index contributed by atoms with van der Waals surface area (Å²) >= 11 is 6.40. The Hall–Kier alpha value is -4.10. The van der Waals surface area contributed by atoms with Crippen molar-refractivity contribution in [1.82, 2.24) is 4.90 Å². The Balaban J connectivity index is 1.84. The lowest BCUT2D eigenvalue weighted by Gasteiger charge is -2.27. The predicted molar refractivity (Wildman–Crippen MR) is 139 cm³/mol. The number of ether oxygens (including phenoxy) is 2. The van der Waals surface area contributed by atoms with Crippen molar-refractivity contribution >= 4 is 35.0 Å². The molecule has 0 radical (unpaired) electrons. The minimum Gasteiger partial charge on any atom is -0.507 e. The van der Waals surface area contributed by atoms with Gasteiger partial charge < -0.3 is 19.5 Å². The molecule has 1 heterocycles. The van der Waals surface area contributed by atoms with Gasteiger partial charge in [-0.15, -0.1) is 0 Å². The maximum absolute atomic E-state index is 13.4. The lowest BCUT2D eigenvalue weighted by molar-refractivity contribution is -0.140. The van der Waals surface area contributed by atoms with Crippen molar-refractivity contribution < 1.29 is 29.0 Å². The van der Waals surface area contributed by atoms with E-state index in [0.29, 0.717) is 29.0 Å². The number of rotatable bonds is 7. The fourth-order valence-corrected chi connectivity index (χ4v) is 4.62. The Morgan fingerprint density at radius 3 is 2.41 bits per heavy atom. The van der Waals surface area contributed by atoms with Gasteiger partial charge in [-0.05, 0) is 60.9 Å². The largest absolute Gasteiger partial charge is 0.507 e. The third-order valence-electron chi connectivity index (χ3n) is 6.25. The van der Waals surface area contributed by atoms with E-state index in [-0.39, 0.29) is 28.5 Å². The van der Waals surface area contributed by atoms with Crippen molar-refractivity contribution in [3.8, 4) is 5.75 Å². The summed E-state index contributed by atoms with van der Waals surface area (Å²) in [6.07, 6.45) is 0. The number of ketones is 1. The van der Waals surface area contributed by atoms with Crippen molar-refractivity contribution in [2.75, 3.05) is 13.7 Å². The molecule has 3 aromatic rings. The summed E-state index contributed by atoms with van der Waals surface area (Å²) in [6, 6.07) is 17.9. The molecule has 1 N–H and O–H groups in total. The molecule has 7 nitrogen and oxygen atoms in total. The smallest absolute Gasteiger partial charge is 0.337 e. The molecular weight excluding hydrogens is 494 g/mol. The third kappa shape index (κ3) is 5.08. The lowest BCUT2D eigenvalue weighted by Crippen LogP contribution is -2.29. The van der Waals surface area contributed by atoms with Crippen molar-refractivity contribution in [2.24, 2.45) is 0 Å². The fraction of sp³-hybridized carbons (Fsp3) is 0.207. The molecule has 0 bridgehead atoms. The number of benzene rings is 3. The van der Waals surface area contributed by atoms with Gasteiger partial charge in [-0.25, -0.2) is 4.79 Å². The van der Waals surface area contributed by atoms with Crippen LogP contribution in [-0.2, 0) is 20.9 Å². The Labute approximate surface area is 219 Å². The van der Waals surface area contributed by atoms with E-state index < -0.39 is 23.7 Å². The Bertz CT molecular complexity index is 1400. The van der Waals surface area contributed by atoms with Crippen LogP contribution in [0.5, 0.6) is 5.75 Å². The average Bonchev–Trinajstić information content (AvgIpc) is 3.14. The number of carbonyl (C=O) groups is 3. The molecule has 0 saturated carbocycles. The van der Waals surface area contributed by atoms with E-state index >= 15 is 0 Å². The van der Waals surface area contributed by atoms with Gasteiger partial charge in [0.05, 0.1) is 35.9 Å². The second kappa shape index (κ2) is 10.9. The third-order valence-corrected chi connectivity index (χ3v) is 6.58. The molecule has 1 saturated heterocycles. The molecule has 1 amide bonds. The molecule has 190 valence electrons. The number of nitrogens with zero attached hydrogens (tertiary/aromatic N) is 1. The number of aliphatic hydroxyl groups excluding tert-OH is 1. The van der Waals surface area contributed by atoms with Gasteiger partial charge in [0, 0.05) is 12.1 Å². The van der Waals surface area contributed by atoms with Crippen LogP contribution in [0.25, 0.3) is 5.76 Å². The van der Waals surface area contributed by atoms with E-state index in [1.54, 1.807) is 42.5 Å². The lowest BCUT2D eigenvalue weighted by atomic mass is 9.92. The van der Waals surface area contributed by atoms with Crippen LogP contribution in [0.15, 0.2) is 72.3 Å². The van der Waals surface area contributed by atoms with Crippen LogP contribution in [0.3, 0.4) is 0 Å². The first-order valence-corrected chi connectivity index (χ1v) is 12.1. The van der Waals surface area contributed by atoms with E-state index in [2.05, 4.69) is 0 Å². The number of Topliss-reactive ketones (excluding diaryl/α,β-unsaturated/α-hetero) is 1. The Kier molecular flexibility index (Phi) is 7.64. The first-order valence-electron chi connectivity index (χ1n) is 11.7. The molecule has 1 atom stereocenters. The number of aryl methyl sites for hydroxylation is 1.